The number of hydrogen-bond donors (Lipinski definition) is 1. The van der Waals surface area contributed by atoms with Crippen LogP contribution in [0.25, 0.3) is 11.0 Å². The van der Waals surface area contributed by atoms with Crippen molar-refractivity contribution < 1.29 is 4.74 Å². The summed E-state index contributed by atoms with van der Waals surface area (Å²) in [5.41, 5.74) is 2.22. The number of anilines is 1. The molecular weight excluding hydrogens is 240 g/mol. The third-order valence-corrected chi connectivity index (χ3v) is 3.69. The Bertz CT molecular complexity index is 564. The fourth-order valence-electron chi connectivity index (χ4n) is 2.71. The third kappa shape index (κ3) is 2.19. The summed E-state index contributed by atoms with van der Waals surface area (Å²) in [6.45, 7) is 3.32. The summed E-state index contributed by atoms with van der Waals surface area (Å²) in [7, 11) is 4.05. The van der Waals surface area contributed by atoms with Gasteiger partial charge in [-0.3, -0.25) is 0 Å². The maximum atomic E-state index is 5.58. The molecule has 0 saturated carbocycles. The Labute approximate surface area is 113 Å². The highest BCUT2D eigenvalue weighted by Gasteiger charge is 2.26. The molecule has 3 rings (SSSR count). The van der Waals surface area contributed by atoms with Gasteiger partial charge in [0.2, 0.25) is 5.95 Å². The number of imidazole rings is 1. The normalized spacial score (nSPS) is 20.1. The van der Waals surface area contributed by atoms with Crippen LogP contribution >= 0.6 is 0 Å². The van der Waals surface area contributed by atoms with Crippen molar-refractivity contribution in [3.8, 4) is 0 Å². The van der Waals surface area contributed by atoms with Gasteiger partial charge in [0.05, 0.1) is 30.3 Å². The first-order valence-electron chi connectivity index (χ1n) is 6.71. The molecule has 1 aromatic carbocycles. The molecule has 1 aliphatic heterocycles. The summed E-state index contributed by atoms with van der Waals surface area (Å²) >= 11 is 0. The van der Waals surface area contributed by atoms with Gasteiger partial charge in [-0.05, 0) is 19.2 Å². The Morgan fingerprint density at radius 2 is 2.26 bits per heavy atom. The first-order chi connectivity index (χ1) is 9.31. The van der Waals surface area contributed by atoms with Crippen LogP contribution in [-0.4, -0.2) is 48.9 Å². The van der Waals surface area contributed by atoms with Crippen LogP contribution in [0.15, 0.2) is 24.3 Å². The number of aryl methyl sites for hydroxylation is 1. The minimum Gasteiger partial charge on any atom is -0.377 e. The predicted octanol–water partition coefficient (Wildman–Crippen LogP) is 0.998. The molecule has 0 radical (unpaired) electrons. The minimum atomic E-state index is 0.342. The van der Waals surface area contributed by atoms with Crippen LogP contribution in [0.5, 0.6) is 0 Å². The average Bonchev–Trinajstić information content (AvgIpc) is 2.78. The fraction of sp³-hybridized carbons (Fsp3) is 0.500. The Balaban J connectivity index is 1.99. The van der Waals surface area contributed by atoms with Crippen LogP contribution < -0.4 is 10.2 Å². The van der Waals surface area contributed by atoms with Crippen molar-refractivity contribution in [2.75, 3.05) is 38.3 Å². The molecule has 19 heavy (non-hydrogen) atoms. The smallest absolute Gasteiger partial charge is 0.206 e. The topological polar surface area (TPSA) is 42.3 Å². The molecule has 0 aliphatic carbocycles. The van der Waals surface area contributed by atoms with Gasteiger partial charge in [-0.25, -0.2) is 4.98 Å². The van der Waals surface area contributed by atoms with E-state index in [1.165, 1.54) is 5.52 Å². The lowest BCUT2D eigenvalue weighted by Gasteiger charge is -2.36. The standard InChI is InChI=1S/C14H20N4O/c1-15-9-11-10-19-8-7-18(11)14-16-12-5-3-4-6-13(12)17(14)2/h3-6,11,15H,7-10H2,1-2H3. The van der Waals surface area contributed by atoms with Crippen LogP contribution in [0.1, 0.15) is 0 Å². The van der Waals surface area contributed by atoms with Crippen molar-refractivity contribution in [2.24, 2.45) is 7.05 Å². The Morgan fingerprint density at radius 3 is 3.05 bits per heavy atom. The summed E-state index contributed by atoms with van der Waals surface area (Å²) < 4.78 is 7.75. The number of aromatic nitrogens is 2. The van der Waals surface area contributed by atoms with Gasteiger partial charge in [-0.1, -0.05) is 12.1 Å². The lowest BCUT2D eigenvalue weighted by molar-refractivity contribution is 0.0932. The molecule has 0 spiro atoms. The number of nitrogens with zero attached hydrogens (tertiary/aromatic N) is 3. The van der Waals surface area contributed by atoms with Gasteiger partial charge in [0.15, 0.2) is 0 Å². The monoisotopic (exact) mass is 260 g/mol. The molecule has 5 heteroatoms. The van der Waals surface area contributed by atoms with Gasteiger partial charge in [-0.2, -0.15) is 0 Å². The fourth-order valence-corrected chi connectivity index (χ4v) is 2.71. The summed E-state index contributed by atoms with van der Waals surface area (Å²) in [4.78, 5) is 7.12. The molecule has 2 heterocycles. The lowest BCUT2D eigenvalue weighted by atomic mass is 10.2. The van der Waals surface area contributed by atoms with Gasteiger partial charge >= 0.3 is 0 Å². The SMILES string of the molecule is CNCC1COCCN1c1nc2ccccc2n1C. The van der Waals surface area contributed by atoms with E-state index in [9.17, 15) is 0 Å². The quantitative estimate of drug-likeness (QED) is 0.894. The molecular formula is C14H20N4O. The van der Waals surface area contributed by atoms with E-state index in [-0.39, 0.29) is 0 Å². The largest absolute Gasteiger partial charge is 0.377 e. The van der Waals surface area contributed by atoms with Crippen molar-refractivity contribution in [3.05, 3.63) is 24.3 Å². The zero-order chi connectivity index (χ0) is 13.2. The van der Waals surface area contributed by atoms with E-state index < -0.39 is 0 Å². The molecule has 0 amide bonds. The summed E-state index contributed by atoms with van der Waals surface area (Å²) in [5, 5.41) is 3.23. The van der Waals surface area contributed by atoms with Crippen LogP contribution in [-0.2, 0) is 11.8 Å². The molecule has 1 atom stereocenters. The number of likely N-dealkylation sites (N-methyl/N-ethyl adjacent to an activating group) is 1. The van der Waals surface area contributed by atoms with E-state index in [1.807, 2.05) is 13.1 Å². The molecule has 1 saturated heterocycles. The molecule has 2 aromatic rings. The molecule has 0 bridgehead atoms. The van der Waals surface area contributed by atoms with Crippen molar-refractivity contribution >= 4 is 17.0 Å². The van der Waals surface area contributed by atoms with Gasteiger partial charge in [-0.15, -0.1) is 0 Å². The summed E-state index contributed by atoms with van der Waals surface area (Å²) in [6.07, 6.45) is 0. The van der Waals surface area contributed by atoms with Gasteiger partial charge in [0.1, 0.15) is 0 Å². The van der Waals surface area contributed by atoms with E-state index in [0.29, 0.717) is 6.04 Å². The number of nitrogens with one attached hydrogen (secondary N) is 1. The third-order valence-electron chi connectivity index (χ3n) is 3.69. The lowest BCUT2D eigenvalue weighted by Crippen LogP contribution is -2.51. The Morgan fingerprint density at radius 1 is 1.42 bits per heavy atom. The van der Waals surface area contributed by atoms with Gasteiger partial charge in [0.25, 0.3) is 0 Å². The number of ether oxygens (including phenoxy) is 1. The van der Waals surface area contributed by atoms with Crippen molar-refractivity contribution in [2.45, 2.75) is 6.04 Å². The Kier molecular flexibility index (Phi) is 3.40. The molecule has 1 unspecified atom stereocenters. The highest BCUT2D eigenvalue weighted by molar-refractivity contribution is 5.78. The maximum absolute atomic E-state index is 5.58. The molecule has 102 valence electrons. The highest BCUT2D eigenvalue weighted by atomic mass is 16.5. The van der Waals surface area contributed by atoms with Crippen molar-refractivity contribution in [1.82, 2.24) is 14.9 Å². The molecule has 1 aliphatic rings. The molecule has 1 N–H and O–H groups in total. The first-order valence-corrected chi connectivity index (χ1v) is 6.71. The van der Waals surface area contributed by atoms with E-state index in [0.717, 1.165) is 37.8 Å². The van der Waals surface area contributed by atoms with Crippen molar-refractivity contribution in [1.29, 1.82) is 0 Å². The molecule has 1 aromatic heterocycles. The van der Waals surface area contributed by atoms with E-state index in [4.69, 9.17) is 9.72 Å². The second-order valence-electron chi connectivity index (χ2n) is 4.94. The second kappa shape index (κ2) is 5.19. The minimum absolute atomic E-state index is 0.342. The zero-order valence-corrected chi connectivity index (χ0v) is 11.5. The average molecular weight is 260 g/mol. The van der Waals surface area contributed by atoms with Crippen molar-refractivity contribution in [3.63, 3.8) is 0 Å². The number of rotatable bonds is 3. The number of fused-ring (bicyclic) bond motifs is 1. The summed E-state index contributed by atoms with van der Waals surface area (Å²) in [6, 6.07) is 8.60. The van der Waals surface area contributed by atoms with Crippen LogP contribution in [0.2, 0.25) is 0 Å². The van der Waals surface area contributed by atoms with E-state index in [2.05, 4.69) is 40.0 Å². The maximum Gasteiger partial charge on any atom is 0.206 e. The predicted molar refractivity (Wildman–Crippen MR) is 76.6 cm³/mol. The number of benzene rings is 1. The van der Waals surface area contributed by atoms with E-state index >= 15 is 0 Å². The van der Waals surface area contributed by atoms with Gasteiger partial charge in [0, 0.05) is 20.1 Å². The number of para-hydroxylation sites is 2. The van der Waals surface area contributed by atoms with Gasteiger partial charge < -0.3 is 19.5 Å². The molecule has 1 fully saturated rings. The zero-order valence-electron chi connectivity index (χ0n) is 11.5. The molecule has 5 nitrogen and oxygen atoms in total. The van der Waals surface area contributed by atoms with Crippen LogP contribution in [0, 0.1) is 0 Å². The number of morpholine rings is 1. The highest BCUT2D eigenvalue weighted by Crippen LogP contribution is 2.23. The second-order valence-corrected chi connectivity index (χ2v) is 4.94. The Hall–Kier alpha value is -1.59. The van der Waals surface area contributed by atoms with Crippen LogP contribution in [0.3, 0.4) is 0 Å². The summed E-state index contributed by atoms with van der Waals surface area (Å²) in [5.74, 6) is 1.03. The van der Waals surface area contributed by atoms with E-state index in [1.54, 1.807) is 0 Å². The first kappa shape index (κ1) is 12.4. The van der Waals surface area contributed by atoms with Crippen LogP contribution in [0.4, 0.5) is 5.95 Å². The number of hydrogen-bond acceptors (Lipinski definition) is 4.